The third-order valence-corrected chi connectivity index (χ3v) is 2.33. The molecular formula is C10H17NO3. The molecular weight excluding hydrogens is 182 g/mol. The lowest BCUT2D eigenvalue weighted by molar-refractivity contribution is -0.177. The maximum Gasteiger partial charge on any atom is 0.248 e. The van der Waals surface area contributed by atoms with Crippen molar-refractivity contribution < 1.29 is 14.4 Å². The highest BCUT2D eigenvalue weighted by Gasteiger charge is 2.32. The van der Waals surface area contributed by atoms with Gasteiger partial charge in [-0.1, -0.05) is 13.8 Å². The van der Waals surface area contributed by atoms with E-state index in [2.05, 4.69) is 0 Å². The lowest BCUT2D eigenvalue weighted by Gasteiger charge is -2.17. The van der Waals surface area contributed by atoms with Gasteiger partial charge in [0, 0.05) is 6.42 Å². The van der Waals surface area contributed by atoms with Gasteiger partial charge in [0.15, 0.2) is 0 Å². The summed E-state index contributed by atoms with van der Waals surface area (Å²) in [5.41, 5.74) is 0. The van der Waals surface area contributed by atoms with Crippen molar-refractivity contribution in [3.63, 3.8) is 0 Å². The van der Waals surface area contributed by atoms with E-state index >= 15 is 0 Å². The van der Waals surface area contributed by atoms with Crippen LogP contribution in [0, 0.1) is 5.92 Å². The van der Waals surface area contributed by atoms with Crippen LogP contribution in [0.2, 0.25) is 0 Å². The van der Waals surface area contributed by atoms with Crippen LogP contribution in [0.4, 0.5) is 0 Å². The highest BCUT2D eigenvalue weighted by atomic mass is 16.7. The van der Waals surface area contributed by atoms with E-state index in [9.17, 15) is 9.59 Å². The van der Waals surface area contributed by atoms with Gasteiger partial charge in [-0.25, -0.2) is 5.06 Å². The lowest BCUT2D eigenvalue weighted by Crippen LogP contribution is -2.26. The summed E-state index contributed by atoms with van der Waals surface area (Å²) in [5.74, 6) is 0.403. The van der Waals surface area contributed by atoms with Gasteiger partial charge in [-0.05, 0) is 12.8 Å². The minimum absolute atomic E-state index is 0.00931. The van der Waals surface area contributed by atoms with Gasteiger partial charge in [0.05, 0.1) is 19.1 Å². The lowest BCUT2D eigenvalue weighted by atomic mass is 10.1. The number of nitrogens with zero attached hydrogens (tertiary/aromatic N) is 1. The Morgan fingerprint density at radius 3 is 2.71 bits per heavy atom. The number of amides is 1. The summed E-state index contributed by atoms with van der Waals surface area (Å²) in [6.07, 6.45) is 0.793. The van der Waals surface area contributed by atoms with Crippen LogP contribution in [0.15, 0.2) is 0 Å². The Balaban J connectivity index is 2.41. The number of hydrogen-bond acceptors (Lipinski definition) is 3. The molecule has 0 radical (unpaired) electrons. The van der Waals surface area contributed by atoms with Crippen LogP contribution >= 0.6 is 0 Å². The summed E-state index contributed by atoms with van der Waals surface area (Å²) in [5, 5.41) is 1.33. The van der Waals surface area contributed by atoms with Crippen molar-refractivity contribution in [1.82, 2.24) is 5.06 Å². The Morgan fingerprint density at radius 2 is 2.29 bits per heavy atom. The summed E-state index contributed by atoms with van der Waals surface area (Å²) < 4.78 is 0. The predicted molar refractivity (Wildman–Crippen MR) is 51.3 cm³/mol. The molecule has 4 heteroatoms. The van der Waals surface area contributed by atoms with Gasteiger partial charge < -0.3 is 0 Å². The molecule has 1 unspecified atom stereocenters. The molecule has 0 aromatic carbocycles. The van der Waals surface area contributed by atoms with Gasteiger partial charge in [0.1, 0.15) is 5.78 Å². The van der Waals surface area contributed by atoms with Gasteiger partial charge in [0.2, 0.25) is 5.91 Å². The van der Waals surface area contributed by atoms with E-state index in [1.54, 1.807) is 0 Å². The third-order valence-electron chi connectivity index (χ3n) is 2.33. The molecule has 80 valence electrons. The van der Waals surface area contributed by atoms with E-state index in [4.69, 9.17) is 4.84 Å². The van der Waals surface area contributed by atoms with Gasteiger partial charge >= 0.3 is 0 Å². The number of hydroxylamine groups is 2. The first-order chi connectivity index (χ1) is 6.50. The Morgan fingerprint density at radius 1 is 1.64 bits per heavy atom. The van der Waals surface area contributed by atoms with Crippen molar-refractivity contribution >= 4 is 11.7 Å². The predicted octanol–water partition coefficient (Wildman–Crippen LogP) is 1.15. The van der Waals surface area contributed by atoms with Gasteiger partial charge in [-0.15, -0.1) is 0 Å². The first-order valence-electron chi connectivity index (χ1n) is 4.97. The van der Waals surface area contributed by atoms with Crippen LogP contribution in [0.3, 0.4) is 0 Å². The molecule has 1 atom stereocenters. The summed E-state index contributed by atoms with van der Waals surface area (Å²) in [4.78, 5) is 27.5. The molecule has 14 heavy (non-hydrogen) atoms. The fourth-order valence-corrected chi connectivity index (χ4v) is 1.33. The van der Waals surface area contributed by atoms with E-state index in [0.29, 0.717) is 25.3 Å². The fourth-order valence-electron chi connectivity index (χ4n) is 1.33. The number of rotatable bonds is 4. The number of ketones is 1. The van der Waals surface area contributed by atoms with Crippen molar-refractivity contribution in [2.45, 2.75) is 39.7 Å². The third kappa shape index (κ3) is 2.80. The Hall–Kier alpha value is -0.900. The molecule has 0 spiro atoms. The van der Waals surface area contributed by atoms with E-state index in [1.165, 1.54) is 12.0 Å². The topological polar surface area (TPSA) is 46.6 Å². The molecule has 0 aromatic rings. The SMILES string of the molecule is CC(=O)CCN1OC(C(C)C)CC1=O. The molecule has 1 aliphatic heterocycles. The number of carbonyl (C=O) groups is 2. The first kappa shape index (κ1) is 11.2. The molecule has 0 aromatic heterocycles. The van der Waals surface area contributed by atoms with Crippen molar-refractivity contribution in [3.8, 4) is 0 Å². The van der Waals surface area contributed by atoms with Crippen molar-refractivity contribution in [2.75, 3.05) is 6.54 Å². The molecule has 1 amide bonds. The second-order valence-corrected chi connectivity index (χ2v) is 4.04. The monoisotopic (exact) mass is 199 g/mol. The average molecular weight is 199 g/mol. The van der Waals surface area contributed by atoms with Crippen molar-refractivity contribution in [1.29, 1.82) is 0 Å². The van der Waals surface area contributed by atoms with Gasteiger partial charge in [-0.3, -0.25) is 14.4 Å². The van der Waals surface area contributed by atoms with Crippen molar-refractivity contribution in [2.24, 2.45) is 5.92 Å². The molecule has 1 fully saturated rings. The summed E-state index contributed by atoms with van der Waals surface area (Å²) in [7, 11) is 0. The zero-order chi connectivity index (χ0) is 10.7. The molecule has 1 rings (SSSR count). The van der Waals surface area contributed by atoms with Crippen LogP contribution in [0.25, 0.3) is 0 Å². The van der Waals surface area contributed by atoms with Crippen LogP contribution in [-0.2, 0) is 14.4 Å². The molecule has 0 bridgehead atoms. The molecule has 0 N–H and O–H groups in total. The summed E-state index contributed by atoms with van der Waals surface area (Å²) >= 11 is 0. The van der Waals surface area contributed by atoms with E-state index in [0.717, 1.165) is 0 Å². The van der Waals surface area contributed by atoms with Gasteiger partial charge in [-0.2, -0.15) is 0 Å². The van der Waals surface area contributed by atoms with E-state index in [1.807, 2.05) is 13.8 Å². The maximum atomic E-state index is 11.4. The Bertz CT molecular complexity index is 238. The highest BCUT2D eigenvalue weighted by molar-refractivity contribution is 5.79. The largest absolute Gasteiger partial charge is 0.300 e. The molecule has 0 saturated carbocycles. The molecule has 4 nitrogen and oxygen atoms in total. The highest BCUT2D eigenvalue weighted by Crippen LogP contribution is 2.21. The molecule has 1 aliphatic rings. The fraction of sp³-hybridized carbons (Fsp3) is 0.800. The maximum absolute atomic E-state index is 11.4. The zero-order valence-corrected chi connectivity index (χ0v) is 8.95. The molecule has 0 aliphatic carbocycles. The number of Topliss-reactive ketones (excluding diaryl/α,β-unsaturated/α-hetero) is 1. The van der Waals surface area contributed by atoms with E-state index < -0.39 is 0 Å². The van der Waals surface area contributed by atoms with Gasteiger partial charge in [0.25, 0.3) is 0 Å². The minimum Gasteiger partial charge on any atom is -0.300 e. The van der Waals surface area contributed by atoms with Crippen molar-refractivity contribution in [3.05, 3.63) is 0 Å². The van der Waals surface area contributed by atoms with Crippen LogP contribution in [0.5, 0.6) is 0 Å². The molecule has 1 heterocycles. The summed E-state index contributed by atoms with van der Waals surface area (Å²) in [6.45, 7) is 5.94. The number of carbonyl (C=O) groups excluding carboxylic acids is 2. The Labute approximate surface area is 84.2 Å². The standard InChI is InChI=1S/C10H17NO3/c1-7(2)9-6-10(13)11(14-9)5-4-8(3)12/h7,9H,4-6H2,1-3H3. The number of hydrogen-bond donors (Lipinski definition) is 0. The smallest absolute Gasteiger partial charge is 0.248 e. The Kier molecular flexibility index (Phi) is 3.63. The normalized spacial score (nSPS) is 22.1. The second-order valence-electron chi connectivity index (χ2n) is 4.04. The first-order valence-corrected chi connectivity index (χ1v) is 4.97. The quantitative estimate of drug-likeness (QED) is 0.682. The summed E-state index contributed by atoms with van der Waals surface area (Å²) in [6, 6.07) is 0. The van der Waals surface area contributed by atoms with Crippen LogP contribution in [-0.4, -0.2) is 29.4 Å². The van der Waals surface area contributed by atoms with Crippen LogP contribution < -0.4 is 0 Å². The molecule has 1 saturated heterocycles. The zero-order valence-electron chi connectivity index (χ0n) is 8.95. The minimum atomic E-state index is -0.0190. The average Bonchev–Trinajstić information content (AvgIpc) is 2.43. The van der Waals surface area contributed by atoms with E-state index in [-0.39, 0.29) is 17.8 Å². The second kappa shape index (κ2) is 4.55. The van der Waals surface area contributed by atoms with Crippen LogP contribution in [0.1, 0.15) is 33.6 Å².